The number of aliphatic hydroxyl groups is 1. The predicted molar refractivity (Wildman–Crippen MR) is 116 cm³/mol. The van der Waals surface area contributed by atoms with Crippen LogP contribution in [0.25, 0.3) is 0 Å². The highest BCUT2D eigenvalue weighted by atomic mass is 35.5. The zero-order valence-electron chi connectivity index (χ0n) is 18.2. The highest BCUT2D eigenvalue weighted by Crippen LogP contribution is 2.49. The Morgan fingerprint density at radius 2 is 2.12 bits per heavy atom. The number of piperidine rings is 2. The topological polar surface area (TPSA) is 123 Å². The SMILES string of the molecule is N#C[C@@H](C[C@H]1CCNC1=O)NC(=O)[C@@H]1[C@@H]2CC[C@@H](CC2(F)F)N1C(=O)[C@H](O)c1cccc(Cl)c1. The van der Waals surface area contributed by atoms with Gasteiger partial charge in [0.1, 0.15) is 12.1 Å². The molecule has 11 heteroatoms. The lowest BCUT2D eigenvalue weighted by atomic mass is 9.71. The van der Waals surface area contributed by atoms with Crippen LogP contribution in [0, 0.1) is 23.2 Å². The van der Waals surface area contributed by atoms with Gasteiger partial charge >= 0.3 is 0 Å². The average molecular weight is 495 g/mol. The lowest BCUT2D eigenvalue weighted by molar-refractivity contribution is -0.198. The minimum absolute atomic E-state index is 0.0368. The maximum absolute atomic E-state index is 14.8. The first-order chi connectivity index (χ1) is 16.1. The first kappa shape index (κ1) is 24.4. The van der Waals surface area contributed by atoms with E-state index in [1.54, 1.807) is 12.1 Å². The number of amides is 3. The van der Waals surface area contributed by atoms with Gasteiger partial charge in [0, 0.05) is 29.9 Å². The molecular formula is C23H25ClF2N4O4. The molecule has 1 saturated carbocycles. The van der Waals surface area contributed by atoms with Crippen molar-refractivity contribution in [3.8, 4) is 6.07 Å². The van der Waals surface area contributed by atoms with Crippen molar-refractivity contribution in [3.63, 3.8) is 0 Å². The average Bonchev–Trinajstić information content (AvgIpc) is 3.20. The first-order valence-electron chi connectivity index (χ1n) is 11.2. The van der Waals surface area contributed by atoms with Gasteiger partial charge in [-0.3, -0.25) is 14.4 Å². The Labute approximate surface area is 200 Å². The van der Waals surface area contributed by atoms with Crippen LogP contribution in [0.1, 0.15) is 43.8 Å². The molecule has 182 valence electrons. The number of aliphatic hydroxyl groups excluding tert-OH is 1. The fourth-order valence-electron chi connectivity index (χ4n) is 5.34. The molecule has 3 saturated heterocycles. The van der Waals surface area contributed by atoms with E-state index < -0.39 is 60.2 Å². The lowest BCUT2D eigenvalue weighted by Crippen LogP contribution is -2.69. The van der Waals surface area contributed by atoms with Crippen LogP contribution in [0.5, 0.6) is 0 Å². The standard InChI is InChI=1S/C23H25ClF2N4O4/c24-14-3-1-2-12(8-14)19(31)22(34)30-16-4-5-17(23(25,26)10-16)18(30)21(33)29-15(11-27)9-13-6-7-28-20(13)32/h1-3,8,13,15-19,31H,4-7,9-10H2,(H,28,32)(H,29,33)/t13-,15-,16+,17+,18+,19-/m1/s1. The molecule has 0 aromatic heterocycles. The third-order valence-electron chi connectivity index (χ3n) is 7.01. The number of carbonyl (C=O) groups is 3. The second-order valence-corrected chi connectivity index (χ2v) is 9.59. The summed E-state index contributed by atoms with van der Waals surface area (Å²) in [5, 5.41) is 25.6. The summed E-state index contributed by atoms with van der Waals surface area (Å²) < 4.78 is 29.6. The molecule has 2 bridgehead atoms. The van der Waals surface area contributed by atoms with Gasteiger partial charge in [-0.2, -0.15) is 5.26 Å². The summed E-state index contributed by atoms with van der Waals surface area (Å²) >= 11 is 5.95. The van der Waals surface area contributed by atoms with E-state index in [4.69, 9.17) is 11.6 Å². The summed E-state index contributed by atoms with van der Waals surface area (Å²) in [6.45, 7) is 0.470. The van der Waals surface area contributed by atoms with Gasteiger partial charge in [-0.15, -0.1) is 0 Å². The van der Waals surface area contributed by atoms with E-state index in [1.165, 1.54) is 12.1 Å². The first-order valence-corrected chi connectivity index (χ1v) is 11.6. The molecule has 0 spiro atoms. The molecule has 8 nitrogen and oxygen atoms in total. The van der Waals surface area contributed by atoms with Crippen molar-refractivity contribution in [2.45, 2.75) is 62.3 Å². The minimum Gasteiger partial charge on any atom is -0.378 e. The van der Waals surface area contributed by atoms with Crippen molar-refractivity contribution in [1.82, 2.24) is 15.5 Å². The van der Waals surface area contributed by atoms with E-state index >= 15 is 0 Å². The van der Waals surface area contributed by atoms with E-state index in [0.29, 0.717) is 13.0 Å². The van der Waals surface area contributed by atoms with Crippen LogP contribution in [0.4, 0.5) is 8.78 Å². The van der Waals surface area contributed by atoms with Crippen LogP contribution in [0.2, 0.25) is 5.02 Å². The molecule has 0 unspecified atom stereocenters. The fraction of sp³-hybridized carbons (Fsp3) is 0.565. The van der Waals surface area contributed by atoms with Crippen LogP contribution in [-0.4, -0.2) is 58.3 Å². The Kier molecular flexibility index (Phi) is 6.78. The van der Waals surface area contributed by atoms with E-state index in [2.05, 4.69) is 10.6 Å². The molecule has 3 heterocycles. The third kappa shape index (κ3) is 4.59. The van der Waals surface area contributed by atoms with E-state index in [-0.39, 0.29) is 35.8 Å². The largest absolute Gasteiger partial charge is 0.378 e. The van der Waals surface area contributed by atoms with Gasteiger partial charge in [-0.25, -0.2) is 8.78 Å². The number of hydrogen-bond acceptors (Lipinski definition) is 5. The minimum atomic E-state index is -3.17. The predicted octanol–water partition coefficient (Wildman–Crippen LogP) is 1.92. The molecule has 1 aromatic rings. The van der Waals surface area contributed by atoms with Gasteiger partial charge in [-0.05, 0) is 43.4 Å². The number of alkyl halides is 2. The normalized spacial score (nSPS) is 29.1. The summed E-state index contributed by atoms with van der Waals surface area (Å²) in [4.78, 5) is 39.4. The van der Waals surface area contributed by atoms with Crippen LogP contribution < -0.4 is 10.6 Å². The quantitative estimate of drug-likeness (QED) is 0.557. The lowest BCUT2D eigenvalue weighted by Gasteiger charge is -2.54. The second kappa shape index (κ2) is 9.47. The Hall–Kier alpha value is -2.77. The van der Waals surface area contributed by atoms with Gasteiger partial charge in [0.15, 0.2) is 6.10 Å². The van der Waals surface area contributed by atoms with Crippen LogP contribution in [0.15, 0.2) is 24.3 Å². The van der Waals surface area contributed by atoms with Gasteiger partial charge in [0.05, 0.1) is 12.0 Å². The molecule has 1 aliphatic carbocycles. The third-order valence-corrected chi connectivity index (χ3v) is 7.25. The zero-order chi connectivity index (χ0) is 24.6. The molecule has 34 heavy (non-hydrogen) atoms. The van der Waals surface area contributed by atoms with E-state index in [0.717, 1.165) is 4.90 Å². The van der Waals surface area contributed by atoms with Crippen LogP contribution in [-0.2, 0) is 14.4 Å². The van der Waals surface area contributed by atoms with Crippen molar-refractivity contribution in [3.05, 3.63) is 34.9 Å². The molecule has 3 N–H and O–H groups in total. The Balaban J connectivity index is 1.58. The van der Waals surface area contributed by atoms with Crippen LogP contribution in [0.3, 0.4) is 0 Å². The summed E-state index contributed by atoms with van der Waals surface area (Å²) in [6.07, 6.45) is -1.41. The Bertz CT molecular complexity index is 1030. The number of benzene rings is 1. The number of carbonyl (C=O) groups excluding carboxylic acids is 3. The second-order valence-electron chi connectivity index (χ2n) is 9.15. The Morgan fingerprint density at radius 3 is 2.74 bits per heavy atom. The maximum Gasteiger partial charge on any atom is 0.256 e. The highest BCUT2D eigenvalue weighted by molar-refractivity contribution is 6.30. The van der Waals surface area contributed by atoms with E-state index in [9.17, 15) is 33.5 Å². The molecule has 3 aliphatic heterocycles. The smallest absolute Gasteiger partial charge is 0.256 e. The summed E-state index contributed by atoms with van der Waals surface area (Å²) in [5.41, 5.74) is 0.187. The number of nitriles is 1. The van der Waals surface area contributed by atoms with Gasteiger partial charge in [0.2, 0.25) is 11.8 Å². The molecule has 1 aromatic carbocycles. The van der Waals surface area contributed by atoms with Crippen molar-refractivity contribution in [2.75, 3.05) is 6.54 Å². The number of nitrogens with one attached hydrogen (secondary N) is 2. The monoisotopic (exact) mass is 494 g/mol. The van der Waals surface area contributed by atoms with Crippen LogP contribution >= 0.6 is 11.6 Å². The van der Waals surface area contributed by atoms with E-state index in [1.807, 2.05) is 6.07 Å². The molecular weight excluding hydrogens is 470 g/mol. The summed E-state index contributed by atoms with van der Waals surface area (Å²) in [7, 11) is 0. The fourth-order valence-corrected chi connectivity index (χ4v) is 5.54. The molecule has 0 radical (unpaired) electrons. The molecule has 5 rings (SSSR count). The van der Waals surface area contributed by atoms with Crippen molar-refractivity contribution in [2.24, 2.45) is 11.8 Å². The summed E-state index contributed by atoms with van der Waals surface area (Å²) in [5.74, 6) is -7.05. The van der Waals surface area contributed by atoms with Crippen molar-refractivity contribution >= 4 is 29.3 Å². The number of fused-ring (bicyclic) bond motifs is 3. The highest BCUT2D eigenvalue weighted by Gasteiger charge is 2.61. The number of nitrogens with zero attached hydrogens (tertiary/aromatic N) is 2. The van der Waals surface area contributed by atoms with Crippen molar-refractivity contribution in [1.29, 1.82) is 5.26 Å². The molecule has 3 amide bonds. The molecule has 6 atom stereocenters. The number of hydrogen-bond donors (Lipinski definition) is 3. The van der Waals surface area contributed by atoms with Crippen molar-refractivity contribution < 1.29 is 28.3 Å². The molecule has 4 fully saturated rings. The van der Waals surface area contributed by atoms with Gasteiger partial charge < -0.3 is 20.6 Å². The summed E-state index contributed by atoms with van der Waals surface area (Å²) in [6, 6.07) is 4.35. The number of rotatable bonds is 6. The van der Waals surface area contributed by atoms with Gasteiger partial charge in [0.25, 0.3) is 11.8 Å². The van der Waals surface area contributed by atoms with Gasteiger partial charge in [-0.1, -0.05) is 23.7 Å². The maximum atomic E-state index is 14.8. The Morgan fingerprint density at radius 1 is 1.35 bits per heavy atom. The zero-order valence-corrected chi connectivity index (χ0v) is 19.0. The number of halogens is 3. The molecule has 4 aliphatic rings.